The van der Waals surface area contributed by atoms with Crippen molar-refractivity contribution in [1.29, 1.82) is 0 Å². The van der Waals surface area contributed by atoms with E-state index in [4.69, 9.17) is 10.5 Å². The molecule has 38 heavy (non-hydrogen) atoms. The van der Waals surface area contributed by atoms with Gasteiger partial charge in [0.2, 0.25) is 11.8 Å². The molecule has 1 amide bonds. The van der Waals surface area contributed by atoms with Crippen LogP contribution in [-0.2, 0) is 17.8 Å². The van der Waals surface area contributed by atoms with Gasteiger partial charge in [0.25, 0.3) is 0 Å². The first kappa shape index (κ1) is 26.3. The van der Waals surface area contributed by atoms with Gasteiger partial charge in [-0.25, -0.2) is 9.37 Å². The lowest BCUT2D eigenvalue weighted by molar-refractivity contribution is -0.131. The molecule has 0 radical (unpaired) electrons. The second-order valence-electron chi connectivity index (χ2n) is 10.9. The molecule has 2 aliphatic rings. The number of nitrogens with two attached hydrogens (primary N) is 1. The summed E-state index contributed by atoms with van der Waals surface area (Å²) >= 11 is 0. The Balaban J connectivity index is 1.11. The molecule has 1 atom stereocenters. The molecule has 0 bridgehead atoms. The summed E-state index contributed by atoms with van der Waals surface area (Å²) in [6, 6.07) is 16.9. The number of carbonyl (C=O) groups excluding carboxylic acids is 1. The second-order valence-corrected chi connectivity index (χ2v) is 10.9. The van der Waals surface area contributed by atoms with Crippen molar-refractivity contribution in [2.24, 2.45) is 5.73 Å². The smallest absolute Gasteiger partial charge is 0.239 e. The lowest BCUT2D eigenvalue weighted by atomic mass is 10.0. The van der Waals surface area contributed by atoms with E-state index < -0.39 is 6.04 Å². The van der Waals surface area contributed by atoms with Gasteiger partial charge in [0.1, 0.15) is 11.9 Å². The first-order valence-electron chi connectivity index (χ1n) is 13.6. The summed E-state index contributed by atoms with van der Waals surface area (Å²) in [5, 5.41) is 0. The Labute approximate surface area is 224 Å². The number of amides is 1. The van der Waals surface area contributed by atoms with Crippen LogP contribution in [-0.4, -0.2) is 59.0 Å². The third-order valence-corrected chi connectivity index (χ3v) is 7.56. The SMILES string of the molecule is CC(C)c1ccc(CN2CC(Oc3ccc(-c4ccc(CC(N)C(=O)N5CCCC5)c(F)c4)cn3)C2)cc1. The molecule has 0 spiro atoms. The zero-order chi connectivity index (χ0) is 26.6. The molecule has 2 aromatic carbocycles. The van der Waals surface area contributed by atoms with E-state index in [9.17, 15) is 9.18 Å². The first-order valence-corrected chi connectivity index (χ1v) is 13.6. The average Bonchev–Trinajstić information content (AvgIpc) is 3.44. The zero-order valence-corrected chi connectivity index (χ0v) is 22.3. The first-order chi connectivity index (χ1) is 18.4. The molecule has 5 rings (SSSR count). The Bertz CT molecular complexity index is 1230. The number of likely N-dealkylation sites (tertiary alicyclic amines) is 2. The summed E-state index contributed by atoms with van der Waals surface area (Å²) in [6.45, 7) is 8.55. The van der Waals surface area contributed by atoms with Crippen molar-refractivity contribution in [2.45, 2.75) is 57.7 Å². The standard InChI is InChI=1S/C31H37FN4O2/c1-21(2)23-7-5-22(6-8-23)18-35-19-27(20-35)38-30-12-11-26(17-34-30)24-9-10-25(28(32)15-24)16-29(33)31(37)36-13-3-4-14-36/h5-12,15,17,21,27,29H,3-4,13-14,16,18-20,33H2,1-2H3. The molecule has 6 nitrogen and oxygen atoms in total. The maximum atomic E-state index is 14.9. The molecule has 7 heteroatoms. The number of aromatic nitrogens is 1. The molecule has 1 aromatic heterocycles. The normalized spacial score (nSPS) is 17.0. The lowest BCUT2D eigenvalue weighted by Gasteiger charge is -2.38. The molecule has 2 N–H and O–H groups in total. The van der Waals surface area contributed by atoms with Gasteiger partial charge in [-0.1, -0.05) is 50.2 Å². The summed E-state index contributed by atoms with van der Waals surface area (Å²) in [7, 11) is 0. The van der Waals surface area contributed by atoms with Gasteiger partial charge < -0.3 is 15.4 Å². The molecule has 0 aliphatic carbocycles. The van der Waals surface area contributed by atoms with E-state index in [-0.39, 0.29) is 24.2 Å². The van der Waals surface area contributed by atoms with Crippen LogP contribution in [0.1, 0.15) is 49.3 Å². The van der Waals surface area contributed by atoms with Gasteiger partial charge in [-0.2, -0.15) is 0 Å². The number of hydrogen-bond donors (Lipinski definition) is 1. The molecular weight excluding hydrogens is 479 g/mol. The molecular formula is C31H37FN4O2. The van der Waals surface area contributed by atoms with Gasteiger partial charge in [0.15, 0.2) is 0 Å². The minimum atomic E-state index is -0.723. The highest BCUT2D eigenvalue weighted by Crippen LogP contribution is 2.25. The van der Waals surface area contributed by atoms with Gasteiger partial charge in [-0.05, 0) is 59.6 Å². The number of nitrogens with zero attached hydrogens (tertiary/aromatic N) is 3. The fourth-order valence-electron chi connectivity index (χ4n) is 5.17. The van der Waals surface area contributed by atoms with Crippen LogP contribution in [0.4, 0.5) is 4.39 Å². The van der Waals surface area contributed by atoms with Crippen LogP contribution in [0.2, 0.25) is 0 Å². The van der Waals surface area contributed by atoms with E-state index >= 15 is 0 Å². The van der Waals surface area contributed by atoms with E-state index in [1.165, 1.54) is 17.2 Å². The highest BCUT2D eigenvalue weighted by Gasteiger charge is 2.29. The quantitative estimate of drug-likeness (QED) is 0.444. The molecule has 0 saturated carbocycles. The summed E-state index contributed by atoms with van der Waals surface area (Å²) < 4.78 is 20.9. The van der Waals surface area contributed by atoms with Crippen molar-refractivity contribution in [1.82, 2.24) is 14.8 Å². The number of carbonyl (C=O) groups is 1. The van der Waals surface area contributed by atoms with Gasteiger partial charge in [0, 0.05) is 50.6 Å². The van der Waals surface area contributed by atoms with E-state index in [2.05, 4.69) is 48.0 Å². The molecule has 2 saturated heterocycles. The van der Waals surface area contributed by atoms with Crippen molar-refractivity contribution < 1.29 is 13.9 Å². The van der Waals surface area contributed by atoms with Crippen LogP contribution in [0.15, 0.2) is 60.8 Å². The van der Waals surface area contributed by atoms with E-state index in [1.54, 1.807) is 17.2 Å². The lowest BCUT2D eigenvalue weighted by Crippen LogP contribution is -2.53. The minimum Gasteiger partial charge on any atom is -0.472 e. The fraction of sp³-hybridized carbons (Fsp3) is 0.419. The fourth-order valence-corrected chi connectivity index (χ4v) is 5.17. The monoisotopic (exact) mass is 516 g/mol. The number of ether oxygens (including phenoxy) is 1. The zero-order valence-electron chi connectivity index (χ0n) is 22.3. The largest absolute Gasteiger partial charge is 0.472 e. The Hall–Kier alpha value is -3.29. The molecule has 2 fully saturated rings. The summed E-state index contributed by atoms with van der Waals surface area (Å²) in [4.78, 5) is 21.1. The Morgan fingerprint density at radius 1 is 1.05 bits per heavy atom. The van der Waals surface area contributed by atoms with E-state index in [1.807, 2.05) is 18.2 Å². The van der Waals surface area contributed by atoms with Gasteiger partial charge >= 0.3 is 0 Å². The highest BCUT2D eigenvalue weighted by molar-refractivity contribution is 5.82. The molecule has 3 heterocycles. The Morgan fingerprint density at radius 3 is 2.39 bits per heavy atom. The number of halogens is 1. The maximum Gasteiger partial charge on any atom is 0.239 e. The minimum absolute atomic E-state index is 0.0966. The van der Waals surface area contributed by atoms with Crippen LogP contribution in [0, 0.1) is 5.82 Å². The summed E-state index contributed by atoms with van der Waals surface area (Å²) in [5.74, 6) is 0.660. The third kappa shape index (κ3) is 6.22. The van der Waals surface area contributed by atoms with Crippen LogP contribution < -0.4 is 10.5 Å². The van der Waals surface area contributed by atoms with Crippen LogP contribution in [0.3, 0.4) is 0 Å². The van der Waals surface area contributed by atoms with Crippen LogP contribution in [0.25, 0.3) is 11.1 Å². The summed E-state index contributed by atoms with van der Waals surface area (Å²) in [6.07, 6.45) is 4.03. The number of benzene rings is 2. The topological polar surface area (TPSA) is 71.7 Å². The Kier molecular flexibility index (Phi) is 8.05. The highest BCUT2D eigenvalue weighted by atomic mass is 19.1. The van der Waals surface area contributed by atoms with Crippen molar-refractivity contribution in [3.8, 4) is 17.0 Å². The maximum absolute atomic E-state index is 14.9. The molecule has 1 unspecified atom stereocenters. The predicted octanol–water partition coefficient (Wildman–Crippen LogP) is 4.77. The van der Waals surface area contributed by atoms with E-state index in [0.717, 1.165) is 56.7 Å². The van der Waals surface area contributed by atoms with Gasteiger partial charge in [0.05, 0.1) is 6.04 Å². The Morgan fingerprint density at radius 2 is 1.76 bits per heavy atom. The second kappa shape index (κ2) is 11.6. The molecule has 200 valence electrons. The van der Waals surface area contributed by atoms with Crippen molar-refractivity contribution in [3.63, 3.8) is 0 Å². The molecule has 2 aliphatic heterocycles. The van der Waals surface area contributed by atoms with Crippen molar-refractivity contribution in [2.75, 3.05) is 26.2 Å². The predicted molar refractivity (Wildman–Crippen MR) is 147 cm³/mol. The summed E-state index contributed by atoms with van der Waals surface area (Å²) in [5.41, 5.74) is 10.8. The molecule has 3 aromatic rings. The van der Waals surface area contributed by atoms with Crippen molar-refractivity contribution >= 4 is 5.91 Å². The van der Waals surface area contributed by atoms with Crippen LogP contribution >= 0.6 is 0 Å². The van der Waals surface area contributed by atoms with Gasteiger partial charge in [-0.15, -0.1) is 0 Å². The van der Waals surface area contributed by atoms with Crippen molar-refractivity contribution in [3.05, 3.63) is 83.3 Å². The average molecular weight is 517 g/mol. The number of rotatable bonds is 9. The number of pyridine rings is 1. The van der Waals surface area contributed by atoms with Gasteiger partial charge in [-0.3, -0.25) is 9.69 Å². The van der Waals surface area contributed by atoms with E-state index in [0.29, 0.717) is 17.4 Å². The third-order valence-electron chi connectivity index (χ3n) is 7.56. The van der Waals surface area contributed by atoms with Crippen LogP contribution in [0.5, 0.6) is 5.88 Å². The number of hydrogen-bond acceptors (Lipinski definition) is 5.